The highest BCUT2D eigenvalue weighted by molar-refractivity contribution is 9.10. The molecule has 10 heteroatoms. The fraction of sp³-hybridized carbons (Fsp3) is 0.211. The van der Waals surface area contributed by atoms with Gasteiger partial charge in [0.25, 0.3) is 5.91 Å². The summed E-state index contributed by atoms with van der Waals surface area (Å²) >= 11 is 3.43. The Balaban J connectivity index is 1.45. The number of nitrogens with zero attached hydrogens (tertiary/aromatic N) is 3. The molecule has 29 heavy (non-hydrogen) atoms. The van der Waals surface area contributed by atoms with Crippen LogP contribution in [0.1, 0.15) is 21.6 Å². The molecule has 2 heterocycles. The van der Waals surface area contributed by atoms with Gasteiger partial charge in [-0.15, -0.1) is 5.10 Å². The van der Waals surface area contributed by atoms with Gasteiger partial charge in [-0.3, -0.25) is 4.79 Å². The van der Waals surface area contributed by atoms with E-state index >= 15 is 0 Å². The molecule has 3 N–H and O–H groups in total. The van der Waals surface area contributed by atoms with Crippen LogP contribution in [-0.4, -0.2) is 34.8 Å². The second-order valence-electron chi connectivity index (χ2n) is 6.31. The minimum Gasteiger partial charge on any atom is -0.496 e. The smallest absolute Gasteiger partial charge is 0.275 e. The summed E-state index contributed by atoms with van der Waals surface area (Å²) in [5, 5.41) is 10.7. The van der Waals surface area contributed by atoms with Crippen molar-refractivity contribution in [3.63, 3.8) is 0 Å². The number of rotatable bonds is 6. The number of methoxy groups -OCH3 is 1. The second kappa shape index (κ2) is 8.00. The first kappa shape index (κ1) is 19.1. The van der Waals surface area contributed by atoms with E-state index in [2.05, 4.69) is 31.6 Å². The van der Waals surface area contributed by atoms with Crippen molar-refractivity contribution < 1.29 is 19.0 Å². The molecular weight excluding hydrogens is 442 g/mol. The van der Waals surface area contributed by atoms with Crippen LogP contribution in [0.3, 0.4) is 0 Å². The lowest BCUT2D eigenvalue weighted by molar-refractivity contribution is 0.0946. The Morgan fingerprint density at radius 3 is 2.93 bits per heavy atom. The molecule has 1 aromatic heterocycles. The summed E-state index contributed by atoms with van der Waals surface area (Å²) in [6, 6.07) is 11.1. The molecule has 1 aliphatic heterocycles. The Hall–Kier alpha value is -3.27. The van der Waals surface area contributed by atoms with Crippen molar-refractivity contribution in [1.29, 1.82) is 0 Å². The van der Waals surface area contributed by atoms with E-state index in [1.807, 2.05) is 30.3 Å². The summed E-state index contributed by atoms with van der Waals surface area (Å²) < 4.78 is 18.3. The number of hydrogen-bond donors (Lipinski definition) is 2. The van der Waals surface area contributed by atoms with E-state index in [-0.39, 0.29) is 18.3 Å². The minimum atomic E-state index is -0.410. The second-order valence-corrected chi connectivity index (χ2v) is 7.22. The molecule has 0 bridgehead atoms. The normalized spacial score (nSPS) is 12.1. The highest BCUT2D eigenvalue weighted by atomic mass is 79.9. The van der Waals surface area contributed by atoms with Gasteiger partial charge in [0.1, 0.15) is 5.75 Å². The zero-order valence-corrected chi connectivity index (χ0v) is 17.1. The van der Waals surface area contributed by atoms with E-state index in [1.54, 1.807) is 13.2 Å². The molecule has 9 nitrogen and oxygen atoms in total. The van der Waals surface area contributed by atoms with Crippen LogP contribution in [0.4, 0.5) is 5.82 Å². The Bertz CT molecular complexity index is 1070. The first-order valence-corrected chi connectivity index (χ1v) is 9.52. The fourth-order valence-electron chi connectivity index (χ4n) is 2.95. The van der Waals surface area contributed by atoms with Crippen molar-refractivity contribution in [2.24, 2.45) is 0 Å². The topological polar surface area (TPSA) is 114 Å². The standard InChI is InChI=1S/C19H18BrN5O4/c1-27-14-5-3-13(20)7-12(14)9-25-18(21)17(23-24-25)19(26)22-8-11-2-4-15-16(6-11)29-10-28-15/h2-7H,8-10,21H2,1H3,(H,22,26). The van der Waals surface area contributed by atoms with Crippen LogP contribution in [0, 0.1) is 0 Å². The maximum Gasteiger partial charge on any atom is 0.275 e. The number of halogens is 1. The summed E-state index contributed by atoms with van der Waals surface area (Å²) in [6.07, 6.45) is 0. The predicted octanol–water partition coefficient (Wildman–Crippen LogP) is 2.34. The molecule has 0 radical (unpaired) electrons. The largest absolute Gasteiger partial charge is 0.496 e. The lowest BCUT2D eigenvalue weighted by Gasteiger charge is -2.10. The molecule has 4 rings (SSSR count). The lowest BCUT2D eigenvalue weighted by atomic mass is 10.2. The molecule has 0 spiro atoms. The van der Waals surface area contributed by atoms with Crippen LogP contribution in [0.15, 0.2) is 40.9 Å². The number of ether oxygens (including phenoxy) is 3. The van der Waals surface area contributed by atoms with Crippen molar-refractivity contribution in [3.05, 3.63) is 57.7 Å². The third-order valence-electron chi connectivity index (χ3n) is 4.44. The van der Waals surface area contributed by atoms with E-state index in [0.29, 0.717) is 30.3 Å². The molecule has 3 aromatic rings. The quantitative estimate of drug-likeness (QED) is 0.581. The van der Waals surface area contributed by atoms with Gasteiger partial charge in [0.05, 0.1) is 13.7 Å². The van der Waals surface area contributed by atoms with Gasteiger partial charge in [-0.05, 0) is 35.9 Å². The average molecular weight is 460 g/mol. The minimum absolute atomic E-state index is 0.0692. The number of carbonyl (C=O) groups is 1. The summed E-state index contributed by atoms with van der Waals surface area (Å²) in [6.45, 7) is 0.811. The van der Waals surface area contributed by atoms with Crippen LogP contribution in [0.5, 0.6) is 17.2 Å². The van der Waals surface area contributed by atoms with Crippen LogP contribution in [-0.2, 0) is 13.1 Å². The Kier molecular flexibility index (Phi) is 5.26. The highest BCUT2D eigenvalue weighted by Crippen LogP contribution is 2.32. The van der Waals surface area contributed by atoms with Gasteiger partial charge in [-0.25, -0.2) is 4.68 Å². The maximum atomic E-state index is 12.5. The molecule has 0 unspecified atom stereocenters. The predicted molar refractivity (Wildman–Crippen MR) is 108 cm³/mol. The van der Waals surface area contributed by atoms with Crippen LogP contribution in [0.2, 0.25) is 0 Å². The van der Waals surface area contributed by atoms with Crippen LogP contribution in [0.25, 0.3) is 0 Å². The van der Waals surface area contributed by atoms with Crippen molar-refractivity contribution in [2.45, 2.75) is 13.1 Å². The number of amides is 1. The van der Waals surface area contributed by atoms with Crippen LogP contribution >= 0.6 is 15.9 Å². The molecule has 0 atom stereocenters. The van der Waals surface area contributed by atoms with Crippen molar-refractivity contribution >= 4 is 27.7 Å². The third-order valence-corrected chi connectivity index (χ3v) is 4.93. The van der Waals surface area contributed by atoms with E-state index in [1.165, 1.54) is 4.68 Å². The first-order valence-electron chi connectivity index (χ1n) is 8.73. The van der Waals surface area contributed by atoms with Crippen LogP contribution < -0.4 is 25.3 Å². The van der Waals surface area contributed by atoms with Gasteiger partial charge < -0.3 is 25.3 Å². The molecule has 2 aromatic carbocycles. The van der Waals surface area contributed by atoms with Crippen molar-refractivity contribution in [3.8, 4) is 17.2 Å². The van der Waals surface area contributed by atoms with E-state index < -0.39 is 5.91 Å². The zero-order chi connectivity index (χ0) is 20.4. The average Bonchev–Trinajstić information content (AvgIpc) is 3.33. The van der Waals surface area contributed by atoms with E-state index in [9.17, 15) is 4.79 Å². The van der Waals surface area contributed by atoms with Gasteiger partial charge in [0, 0.05) is 16.6 Å². The third kappa shape index (κ3) is 3.97. The van der Waals surface area contributed by atoms with Gasteiger partial charge in [0.2, 0.25) is 6.79 Å². The molecule has 1 aliphatic rings. The van der Waals surface area contributed by atoms with Crippen molar-refractivity contribution in [1.82, 2.24) is 20.3 Å². The molecule has 1 amide bonds. The maximum absolute atomic E-state index is 12.5. The monoisotopic (exact) mass is 459 g/mol. The zero-order valence-electron chi connectivity index (χ0n) is 15.5. The number of fused-ring (bicyclic) bond motifs is 1. The van der Waals surface area contributed by atoms with Gasteiger partial charge in [-0.2, -0.15) is 0 Å². The fourth-order valence-corrected chi connectivity index (χ4v) is 3.36. The van der Waals surface area contributed by atoms with E-state index in [4.69, 9.17) is 19.9 Å². The SMILES string of the molecule is COc1ccc(Br)cc1Cn1nnc(C(=O)NCc2ccc3c(c2)OCO3)c1N. The summed E-state index contributed by atoms with van der Waals surface area (Å²) in [5.41, 5.74) is 7.90. The molecule has 0 saturated carbocycles. The van der Waals surface area contributed by atoms with E-state index in [0.717, 1.165) is 15.6 Å². The Morgan fingerprint density at radius 2 is 2.10 bits per heavy atom. The number of anilines is 1. The molecular formula is C19H18BrN5O4. The Labute approximate surface area is 174 Å². The molecule has 0 fully saturated rings. The molecule has 0 saturated heterocycles. The van der Waals surface area contributed by atoms with Gasteiger partial charge in [-0.1, -0.05) is 27.2 Å². The lowest BCUT2D eigenvalue weighted by Crippen LogP contribution is -2.24. The highest BCUT2D eigenvalue weighted by Gasteiger charge is 2.19. The summed E-state index contributed by atoms with van der Waals surface area (Å²) in [5.74, 6) is 1.81. The molecule has 150 valence electrons. The number of benzene rings is 2. The Morgan fingerprint density at radius 1 is 1.28 bits per heavy atom. The van der Waals surface area contributed by atoms with Gasteiger partial charge in [0.15, 0.2) is 23.0 Å². The summed E-state index contributed by atoms with van der Waals surface area (Å²) in [7, 11) is 1.59. The number of nitrogen functional groups attached to an aromatic ring is 1. The molecule has 0 aliphatic carbocycles. The van der Waals surface area contributed by atoms with Crippen molar-refractivity contribution in [2.75, 3.05) is 19.6 Å². The number of aromatic nitrogens is 3. The first-order chi connectivity index (χ1) is 14.0. The number of hydrogen-bond acceptors (Lipinski definition) is 7. The number of nitrogens with one attached hydrogen (secondary N) is 1. The number of nitrogens with two attached hydrogens (primary N) is 1. The summed E-state index contributed by atoms with van der Waals surface area (Å²) in [4.78, 5) is 12.5. The number of carbonyl (C=O) groups excluding carboxylic acids is 1. The van der Waals surface area contributed by atoms with Gasteiger partial charge >= 0.3 is 0 Å².